The summed E-state index contributed by atoms with van der Waals surface area (Å²) in [5, 5.41) is 13.5. The van der Waals surface area contributed by atoms with Gasteiger partial charge in [0, 0.05) is 31.6 Å². The number of nitrogens with one attached hydrogen (secondary N) is 1. The van der Waals surface area contributed by atoms with Crippen molar-refractivity contribution in [1.29, 1.82) is 0 Å². The van der Waals surface area contributed by atoms with Crippen LogP contribution in [0.25, 0.3) is 0 Å². The molecule has 0 atom stereocenters. The van der Waals surface area contributed by atoms with E-state index in [9.17, 15) is 5.11 Å². The number of aliphatic imine (C=N–C) groups is 1. The van der Waals surface area contributed by atoms with Crippen LogP contribution in [-0.2, 0) is 13.0 Å². The van der Waals surface area contributed by atoms with Crippen LogP contribution < -0.4 is 10.1 Å². The van der Waals surface area contributed by atoms with E-state index in [-0.39, 0.29) is 5.75 Å². The average molecular weight is 388 g/mol. The van der Waals surface area contributed by atoms with Crippen molar-refractivity contribution in [1.82, 2.24) is 10.2 Å². The maximum atomic E-state index is 10.2. The predicted molar refractivity (Wildman–Crippen MR) is 114 cm³/mol. The maximum Gasteiger partial charge on any atom is 0.193 e. The SMILES string of the molecule is CCNC(=NCCc1cccc(OC)c1O)N(C)Cc1ccc(SC)cc1. The van der Waals surface area contributed by atoms with Gasteiger partial charge in [-0.15, -0.1) is 11.8 Å². The Bertz CT molecular complexity index is 748. The fourth-order valence-corrected chi connectivity index (χ4v) is 3.17. The predicted octanol–water partition coefficient (Wildman–Crippen LogP) is 3.76. The van der Waals surface area contributed by atoms with Gasteiger partial charge < -0.3 is 20.1 Å². The number of guanidine groups is 1. The fourth-order valence-electron chi connectivity index (χ4n) is 2.77. The molecule has 2 N–H and O–H groups in total. The topological polar surface area (TPSA) is 57.1 Å². The number of rotatable bonds is 8. The van der Waals surface area contributed by atoms with E-state index < -0.39 is 0 Å². The zero-order valence-electron chi connectivity index (χ0n) is 16.5. The number of thioether (sulfide) groups is 1. The van der Waals surface area contributed by atoms with E-state index in [0.717, 1.165) is 24.6 Å². The molecule has 6 heteroatoms. The molecule has 0 bridgehead atoms. The maximum absolute atomic E-state index is 10.2. The van der Waals surface area contributed by atoms with E-state index in [2.05, 4.69) is 47.7 Å². The molecule has 0 amide bonds. The van der Waals surface area contributed by atoms with Crippen LogP contribution in [0.4, 0.5) is 0 Å². The summed E-state index contributed by atoms with van der Waals surface area (Å²) in [6.07, 6.45) is 2.73. The quantitative estimate of drug-likeness (QED) is 0.410. The third-order valence-corrected chi connectivity index (χ3v) is 4.96. The Kier molecular flexibility index (Phi) is 8.33. The lowest BCUT2D eigenvalue weighted by molar-refractivity contribution is 0.370. The van der Waals surface area contributed by atoms with E-state index in [1.54, 1.807) is 24.9 Å². The molecule has 27 heavy (non-hydrogen) atoms. The Morgan fingerprint density at radius 1 is 1.22 bits per heavy atom. The van der Waals surface area contributed by atoms with Crippen LogP contribution in [0.1, 0.15) is 18.1 Å². The van der Waals surface area contributed by atoms with Crippen LogP contribution in [0.15, 0.2) is 52.4 Å². The van der Waals surface area contributed by atoms with Crippen molar-refractivity contribution in [2.75, 3.05) is 33.5 Å². The number of nitrogens with zero attached hydrogens (tertiary/aromatic N) is 2. The van der Waals surface area contributed by atoms with Crippen molar-refractivity contribution >= 4 is 17.7 Å². The van der Waals surface area contributed by atoms with Crippen molar-refractivity contribution < 1.29 is 9.84 Å². The summed E-state index contributed by atoms with van der Waals surface area (Å²) in [6, 6.07) is 14.1. The molecule has 2 aromatic carbocycles. The third kappa shape index (κ3) is 6.10. The largest absolute Gasteiger partial charge is 0.504 e. The average Bonchev–Trinajstić information content (AvgIpc) is 2.69. The van der Waals surface area contributed by atoms with Crippen LogP contribution in [0.5, 0.6) is 11.5 Å². The third-order valence-electron chi connectivity index (χ3n) is 4.22. The number of phenols is 1. The van der Waals surface area contributed by atoms with Gasteiger partial charge in [-0.1, -0.05) is 24.3 Å². The number of benzene rings is 2. The Labute approximate surface area is 166 Å². The van der Waals surface area contributed by atoms with Gasteiger partial charge in [-0.05, 0) is 48.9 Å². The van der Waals surface area contributed by atoms with Gasteiger partial charge in [-0.2, -0.15) is 0 Å². The second kappa shape index (κ2) is 10.7. The second-order valence-electron chi connectivity index (χ2n) is 6.16. The van der Waals surface area contributed by atoms with Crippen LogP contribution in [-0.4, -0.2) is 49.5 Å². The standard InChI is InChI=1S/C21H29N3O2S/c1-5-22-21(24(2)15-16-9-11-18(27-4)12-10-16)23-14-13-17-7-6-8-19(26-3)20(17)25/h6-12,25H,5,13-15H2,1-4H3,(H,22,23). The highest BCUT2D eigenvalue weighted by Gasteiger charge is 2.09. The molecule has 0 saturated heterocycles. The summed E-state index contributed by atoms with van der Waals surface area (Å²) in [7, 11) is 3.59. The van der Waals surface area contributed by atoms with E-state index in [1.807, 2.05) is 19.2 Å². The Morgan fingerprint density at radius 2 is 1.96 bits per heavy atom. The van der Waals surface area contributed by atoms with E-state index in [0.29, 0.717) is 18.7 Å². The normalized spacial score (nSPS) is 11.3. The molecule has 2 rings (SSSR count). The lowest BCUT2D eigenvalue weighted by Crippen LogP contribution is -2.38. The first kappa shape index (κ1) is 21.0. The molecular weight excluding hydrogens is 358 g/mol. The van der Waals surface area contributed by atoms with Gasteiger partial charge >= 0.3 is 0 Å². The number of phenolic OH excluding ortho intramolecular Hbond substituents is 1. The van der Waals surface area contributed by atoms with Crippen molar-refractivity contribution in [3.63, 3.8) is 0 Å². The molecule has 0 aliphatic rings. The minimum absolute atomic E-state index is 0.197. The molecule has 0 aliphatic carbocycles. The summed E-state index contributed by atoms with van der Waals surface area (Å²) in [5.74, 6) is 1.55. The van der Waals surface area contributed by atoms with Crippen molar-refractivity contribution in [2.24, 2.45) is 4.99 Å². The molecular formula is C21H29N3O2S. The van der Waals surface area contributed by atoms with Gasteiger partial charge in [0.05, 0.1) is 7.11 Å². The second-order valence-corrected chi connectivity index (χ2v) is 7.04. The van der Waals surface area contributed by atoms with Crippen molar-refractivity contribution in [2.45, 2.75) is 24.8 Å². The molecule has 146 valence electrons. The molecule has 0 fully saturated rings. The number of aromatic hydroxyl groups is 1. The van der Waals surface area contributed by atoms with Gasteiger partial charge in [-0.25, -0.2) is 0 Å². The number of hydrogen-bond donors (Lipinski definition) is 2. The smallest absolute Gasteiger partial charge is 0.193 e. The van der Waals surface area contributed by atoms with E-state index in [1.165, 1.54) is 10.5 Å². The summed E-state index contributed by atoms with van der Waals surface area (Å²) < 4.78 is 5.16. The minimum atomic E-state index is 0.197. The highest BCUT2D eigenvalue weighted by Crippen LogP contribution is 2.29. The molecule has 0 radical (unpaired) electrons. The van der Waals surface area contributed by atoms with Crippen LogP contribution in [0.2, 0.25) is 0 Å². The summed E-state index contributed by atoms with van der Waals surface area (Å²) in [4.78, 5) is 8.09. The Balaban J connectivity index is 2.02. The first-order chi connectivity index (χ1) is 13.1. The van der Waals surface area contributed by atoms with Crippen LogP contribution in [0, 0.1) is 0 Å². The van der Waals surface area contributed by atoms with Crippen molar-refractivity contribution in [3.05, 3.63) is 53.6 Å². The summed E-state index contributed by atoms with van der Waals surface area (Å²) in [6.45, 7) is 4.23. The molecule has 0 saturated carbocycles. The summed E-state index contributed by atoms with van der Waals surface area (Å²) in [5.41, 5.74) is 2.08. The van der Waals surface area contributed by atoms with Crippen LogP contribution >= 0.6 is 11.8 Å². The molecule has 0 unspecified atom stereocenters. The van der Waals surface area contributed by atoms with Gasteiger partial charge in [0.15, 0.2) is 17.5 Å². The molecule has 5 nitrogen and oxygen atoms in total. The molecule has 0 spiro atoms. The monoisotopic (exact) mass is 387 g/mol. The Hall–Kier alpha value is -2.34. The summed E-state index contributed by atoms with van der Waals surface area (Å²) >= 11 is 1.74. The zero-order chi connectivity index (χ0) is 19.6. The highest BCUT2D eigenvalue weighted by molar-refractivity contribution is 7.98. The first-order valence-corrected chi connectivity index (χ1v) is 10.3. The number of methoxy groups -OCH3 is 1. The van der Waals surface area contributed by atoms with E-state index >= 15 is 0 Å². The van der Waals surface area contributed by atoms with Gasteiger partial charge in [0.1, 0.15) is 0 Å². The molecule has 0 heterocycles. The first-order valence-electron chi connectivity index (χ1n) is 9.06. The van der Waals surface area contributed by atoms with Crippen LogP contribution in [0.3, 0.4) is 0 Å². The van der Waals surface area contributed by atoms with Crippen molar-refractivity contribution in [3.8, 4) is 11.5 Å². The number of hydrogen-bond acceptors (Lipinski definition) is 4. The number of ether oxygens (including phenoxy) is 1. The zero-order valence-corrected chi connectivity index (χ0v) is 17.3. The Morgan fingerprint density at radius 3 is 2.59 bits per heavy atom. The van der Waals surface area contributed by atoms with Gasteiger partial charge in [0.25, 0.3) is 0 Å². The van der Waals surface area contributed by atoms with Gasteiger partial charge in [-0.3, -0.25) is 4.99 Å². The lowest BCUT2D eigenvalue weighted by Gasteiger charge is -2.22. The van der Waals surface area contributed by atoms with Gasteiger partial charge in [0.2, 0.25) is 0 Å². The highest BCUT2D eigenvalue weighted by atomic mass is 32.2. The molecule has 2 aromatic rings. The minimum Gasteiger partial charge on any atom is -0.504 e. The molecule has 0 aliphatic heterocycles. The van der Waals surface area contributed by atoms with E-state index in [4.69, 9.17) is 9.73 Å². The number of para-hydroxylation sites is 1. The molecule has 0 aromatic heterocycles. The fraction of sp³-hybridized carbons (Fsp3) is 0.381. The lowest BCUT2D eigenvalue weighted by atomic mass is 10.1.